The Labute approximate surface area is 205 Å². The first kappa shape index (κ1) is 29.4. The van der Waals surface area contributed by atoms with Crippen LogP contribution in [0.2, 0.25) is 0 Å². The van der Waals surface area contributed by atoms with E-state index in [-0.39, 0.29) is 0 Å². The van der Waals surface area contributed by atoms with Crippen molar-refractivity contribution in [3.63, 3.8) is 0 Å². The van der Waals surface area contributed by atoms with Crippen molar-refractivity contribution in [3.05, 3.63) is 29.2 Å². The molecule has 2 saturated heterocycles. The fourth-order valence-electron chi connectivity index (χ4n) is 4.06. The molecule has 0 unspecified atom stereocenters. The largest absolute Gasteiger partial charge is 0.490 e. The highest BCUT2D eigenvalue weighted by Gasteiger charge is 2.42. The van der Waals surface area contributed by atoms with E-state index in [0.29, 0.717) is 6.04 Å². The monoisotopic (exact) mass is 546 g/mol. The van der Waals surface area contributed by atoms with Gasteiger partial charge in [0.2, 0.25) is 0 Å². The Hall–Kier alpha value is -2.79. The van der Waals surface area contributed by atoms with E-state index in [1.807, 2.05) is 17.2 Å². The van der Waals surface area contributed by atoms with Gasteiger partial charge in [0.1, 0.15) is 17.7 Å². The average molecular weight is 546 g/mol. The highest BCUT2D eigenvalue weighted by Crippen LogP contribution is 2.35. The lowest BCUT2D eigenvalue weighted by molar-refractivity contribution is -0.193. The number of rotatable bonds is 4. The summed E-state index contributed by atoms with van der Waals surface area (Å²) in [6.45, 7) is 4.35. The van der Waals surface area contributed by atoms with Gasteiger partial charge < -0.3 is 10.2 Å². The number of fused-ring (bicyclic) bond motifs is 1. The third-order valence-electron chi connectivity index (χ3n) is 5.64. The standard InChI is InChI=1S/C15H22N6S.2C2HF3O2/c1-19-13(8-21-11-16-10-18-21)6-12-7-20(4-2-14(12)19)9-15-17-3-5-22-15;2*3-2(4,5)1(6)7/h3,5,10-14H,2,4,6-9H2,1H3;2*(H,6,7)/t12-,13+,14+;;/m1../s1. The smallest absolute Gasteiger partial charge is 0.475 e. The zero-order valence-electron chi connectivity index (χ0n) is 18.9. The minimum atomic E-state index is -5.08. The Bertz CT molecular complexity index is 931. The molecule has 4 heterocycles. The number of hydrogen-bond acceptors (Lipinski definition) is 8. The molecule has 17 heteroatoms. The van der Waals surface area contributed by atoms with E-state index in [0.717, 1.165) is 25.0 Å². The second kappa shape index (κ2) is 12.4. The maximum absolute atomic E-state index is 10.6. The molecule has 202 valence electrons. The lowest BCUT2D eigenvalue weighted by Crippen LogP contribution is -2.45. The van der Waals surface area contributed by atoms with Crippen molar-refractivity contribution >= 4 is 23.3 Å². The normalized spacial score (nSPS) is 22.6. The first-order valence-electron chi connectivity index (χ1n) is 10.4. The summed E-state index contributed by atoms with van der Waals surface area (Å²) in [6, 6.07) is 1.30. The fraction of sp³-hybridized carbons (Fsp3) is 0.632. The van der Waals surface area contributed by atoms with E-state index in [1.54, 1.807) is 17.7 Å². The lowest BCUT2D eigenvalue weighted by atomic mass is 9.92. The van der Waals surface area contributed by atoms with E-state index in [2.05, 4.69) is 37.3 Å². The average Bonchev–Trinajstić information content (AvgIpc) is 3.51. The zero-order valence-corrected chi connectivity index (χ0v) is 19.7. The summed E-state index contributed by atoms with van der Waals surface area (Å²) in [5, 5.41) is 21.8. The van der Waals surface area contributed by atoms with E-state index in [4.69, 9.17) is 19.8 Å². The van der Waals surface area contributed by atoms with Crippen LogP contribution in [0, 0.1) is 5.92 Å². The van der Waals surface area contributed by atoms with E-state index in [1.165, 1.54) is 30.9 Å². The number of thiazole rings is 1. The molecule has 0 aromatic carbocycles. The molecule has 4 rings (SSSR count). The van der Waals surface area contributed by atoms with Crippen molar-refractivity contribution in [2.24, 2.45) is 5.92 Å². The summed E-state index contributed by atoms with van der Waals surface area (Å²) in [4.78, 5) is 31.4. The molecule has 0 radical (unpaired) electrons. The maximum Gasteiger partial charge on any atom is 0.490 e. The number of carboxylic acid groups (broad SMARTS) is 2. The SMILES string of the molecule is CN1[C@H](Cn2cncn2)C[C@@H]2CN(Cc3nccs3)CC[C@@H]21.O=C(O)C(F)(F)F.O=C(O)C(F)(F)F. The Morgan fingerprint density at radius 1 is 1.14 bits per heavy atom. The Kier molecular flexibility index (Phi) is 10.2. The molecule has 36 heavy (non-hydrogen) atoms. The van der Waals surface area contributed by atoms with Crippen molar-refractivity contribution < 1.29 is 46.1 Å². The first-order valence-corrected chi connectivity index (χ1v) is 11.3. The van der Waals surface area contributed by atoms with Crippen molar-refractivity contribution in [2.75, 3.05) is 20.1 Å². The molecule has 0 aliphatic carbocycles. The molecule has 2 aromatic rings. The van der Waals surface area contributed by atoms with Crippen LogP contribution in [0.5, 0.6) is 0 Å². The van der Waals surface area contributed by atoms with Gasteiger partial charge in [-0.25, -0.2) is 19.6 Å². The molecule has 2 fully saturated rings. The minimum Gasteiger partial charge on any atom is -0.475 e. The van der Waals surface area contributed by atoms with Gasteiger partial charge in [0.15, 0.2) is 0 Å². The van der Waals surface area contributed by atoms with Gasteiger partial charge in [-0.3, -0.25) is 14.5 Å². The molecule has 2 aliphatic rings. The summed E-state index contributed by atoms with van der Waals surface area (Å²) in [7, 11) is 2.28. The van der Waals surface area contributed by atoms with Gasteiger partial charge in [-0.1, -0.05) is 0 Å². The lowest BCUT2D eigenvalue weighted by Gasteiger charge is -2.37. The van der Waals surface area contributed by atoms with E-state index in [9.17, 15) is 26.3 Å². The maximum atomic E-state index is 10.6. The molecule has 0 amide bonds. The molecule has 2 N–H and O–H groups in total. The second-order valence-corrected chi connectivity index (χ2v) is 9.03. The predicted molar refractivity (Wildman–Crippen MR) is 113 cm³/mol. The van der Waals surface area contributed by atoms with Crippen molar-refractivity contribution in [1.29, 1.82) is 0 Å². The molecular weight excluding hydrogens is 522 g/mol. The van der Waals surface area contributed by atoms with Crippen molar-refractivity contribution in [2.45, 2.75) is 50.4 Å². The Morgan fingerprint density at radius 2 is 1.75 bits per heavy atom. The van der Waals surface area contributed by atoms with Gasteiger partial charge in [0, 0.05) is 36.8 Å². The highest BCUT2D eigenvalue weighted by atomic mass is 32.1. The van der Waals surface area contributed by atoms with Crippen LogP contribution in [0.15, 0.2) is 24.2 Å². The molecule has 0 saturated carbocycles. The van der Waals surface area contributed by atoms with Gasteiger partial charge in [0.05, 0.1) is 13.1 Å². The van der Waals surface area contributed by atoms with Crippen molar-refractivity contribution in [3.8, 4) is 0 Å². The molecule has 2 aliphatic heterocycles. The van der Waals surface area contributed by atoms with Crippen LogP contribution >= 0.6 is 11.3 Å². The van der Waals surface area contributed by atoms with Crippen LogP contribution in [-0.4, -0.2) is 96.3 Å². The number of carbonyl (C=O) groups is 2. The van der Waals surface area contributed by atoms with Crippen LogP contribution in [0.1, 0.15) is 17.8 Å². The molecule has 3 atom stereocenters. The van der Waals surface area contributed by atoms with Crippen LogP contribution in [0.25, 0.3) is 0 Å². The Balaban J connectivity index is 0.000000271. The molecular formula is C19H24F6N6O4S. The Morgan fingerprint density at radius 3 is 2.22 bits per heavy atom. The summed E-state index contributed by atoms with van der Waals surface area (Å²) in [5.74, 6) is -4.74. The van der Waals surface area contributed by atoms with Gasteiger partial charge >= 0.3 is 24.3 Å². The van der Waals surface area contributed by atoms with Crippen LogP contribution in [0.3, 0.4) is 0 Å². The quantitative estimate of drug-likeness (QED) is 0.557. The molecule has 10 nitrogen and oxygen atoms in total. The third kappa shape index (κ3) is 9.02. The molecule has 0 spiro atoms. The van der Waals surface area contributed by atoms with Crippen LogP contribution in [0.4, 0.5) is 26.3 Å². The number of piperidine rings is 1. The summed E-state index contributed by atoms with van der Waals surface area (Å²) in [5.41, 5.74) is 0. The fourth-order valence-corrected chi connectivity index (χ4v) is 4.72. The van der Waals surface area contributed by atoms with Gasteiger partial charge in [-0.05, 0) is 25.8 Å². The van der Waals surface area contributed by atoms with Gasteiger partial charge in [-0.2, -0.15) is 31.4 Å². The van der Waals surface area contributed by atoms with Crippen LogP contribution < -0.4 is 0 Å². The number of halogens is 6. The summed E-state index contributed by atoms with van der Waals surface area (Å²) < 4.78 is 65.4. The number of likely N-dealkylation sites (tertiary alicyclic amines) is 2. The number of carboxylic acids is 2. The highest BCUT2D eigenvalue weighted by molar-refractivity contribution is 7.09. The molecule has 2 aromatic heterocycles. The van der Waals surface area contributed by atoms with Crippen LogP contribution in [-0.2, 0) is 22.7 Å². The number of nitrogens with zero attached hydrogens (tertiary/aromatic N) is 6. The third-order valence-corrected chi connectivity index (χ3v) is 6.41. The van der Waals surface area contributed by atoms with Crippen molar-refractivity contribution in [1.82, 2.24) is 29.5 Å². The topological polar surface area (TPSA) is 125 Å². The number of likely N-dealkylation sites (N-methyl/N-ethyl adjacent to an activating group) is 1. The number of aromatic nitrogens is 4. The first-order chi connectivity index (χ1) is 16.7. The summed E-state index contributed by atoms with van der Waals surface area (Å²) >= 11 is 1.76. The second-order valence-electron chi connectivity index (χ2n) is 8.06. The number of hydrogen-bond donors (Lipinski definition) is 2. The summed E-state index contributed by atoms with van der Waals surface area (Å²) in [6.07, 6.45) is -2.29. The zero-order chi connectivity index (χ0) is 27.1. The number of alkyl halides is 6. The van der Waals surface area contributed by atoms with Gasteiger partial charge in [-0.15, -0.1) is 11.3 Å². The predicted octanol–water partition coefficient (Wildman–Crippen LogP) is 2.60. The van der Waals surface area contributed by atoms with E-state index < -0.39 is 24.3 Å². The minimum absolute atomic E-state index is 0.580. The number of aliphatic carboxylic acids is 2. The molecule has 0 bridgehead atoms. The van der Waals surface area contributed by atoms with E-state index >= 15 is 0 Å². The van der Waals surface area contributed by atoms with Gasteiger partial charge in [0.25, 0.3) is 0 Å².